The van der Waals surface area contributed by atoms with Crippen molar-refractivity contribution in [3.63, 3.8) is 0 Å². The van der Waals surface area contributed by atoms with E-state index in [4.69, 9.17) is 0 Å². The summed E-state index contributed by atoms with van der Waals surface area (Å²) in [6.45, 7) is 0. The maximum Gasteiger partial charge on any atom is 0.155 e. The highest BCUT2D eigenvalue weighted by atomic mass is 19.1. The molecule has 0 saturated heterocycles. The molecule has 31 heavy (non-hydrogen) atoms. The van der Waals surface area contributed by atoms with Gasteiger partial charge in [0.1, 0.15) is 11.5 Å². The largest absolute Gasteiger partial charge is 0.353 e. The van der Waals surface area contributed by atoms with Gasteiger partial charge in [0.25, 0.3) is 0 Å². The van der Waals surface area contributed by atoms with E-state index in [9.17, 15) is 4.39 Å². The molecule has 5 heterocycles. The summed E-state index contributed by atoms with van der Waals surface area (Å²) < 4.78 is 13.4. The molecule has 8 heteroatoms. The molecule has 6 rings (SSSR count). The lowest BCUT2D eigenvalue weighted by atomic mass is 10.1. The quantitative estimate of drug-likeness (QED) is 0.441. The van der Waals surface area contributed by atoms with Crippen molar-refractivity contribution in [1.29, 1.82) is 0 Å². The fourth-order valence-electron chi connectivity index (χ4n) is 3.72. The van der Waals surface area contributed by atoms with Crippen molar-refractivity contribution in [2.75, 3.05) is 0 Å². The van der Waals surface area contributed by atoms with Gasteiger partial charge in [-0.1, -0.05) is 0 Å². The maximum absolute atomic E-state index is 13.4. The normalized spacial score (nSPS) is 11.4. The average Bonchev–Trinajstić information content (AvgIpc) is 3.43. The van der Waals surface area contributed by atoms with E-state index in [0.717, 1.165) is 50.2 Å². The molecule has 6 aromatic rings. The number of halogens is 1. The highest BCUT2D eigenvalue weighted by Gasteiger charge is 2.15. The second-order valence-electron chi connectivity index (χ2n) is 7.09. The van der Waals surface area contributed by atoms with Crippen LogP contribution in [0.4, 0.5) is 4.39 Å². The Morgan fingerprint density at radius 1 is 0.742 bits per heavy atom. The minimum Gasteiger partial charge on any atom is -0.353 e. The van der Waals surface area contributed by atoms with Crippen LogP contribution in [0.2, 0.25) is 0 Å². The third-order valence-corrected chi connectivity index (χ3v) is 5.20. The molecule has 0 atom stereocenters. The van der Waals surface area contributed by atoms with Gasteiger partial charge < -0.3 is 4.98 Å². The number of nitrogens with zero attached hydrogens (tertiary/aromatic N) is 5. The van der Waals surface area contributed by atoms with Gasteiger partial charge in [-0.3, -0.25) is 20.1 Å². The summed E-state index contributed by atoms with van der Waals surface area (Å²) in [6, 6.07) is 12.2. The lowest BCUT2D eigenvalue weighted by molar-refractivity contribution is 0.628. The smallest absolute Gasteiger partial charge is 0.155 e. The summed E-state index contributed by atoms with van der Waals surface area (Å²) >= 11 is 0. The van der Waals surface area contributed by atoms with Crippen molar-refractivity contribution in [2.24, 2.45) is 0 Å². The van der Waals surface area contributed by atoms with E-state index in [2.05, 4.69) is 35.1 Å². The number of aromatic nitrogens is 7. The van der Waals surface area contributed by atoms with E-state index >= 15 is 0 Å². The molecule has 0 aliphatic carbocycles. The van der Waals surface area contributed by atoms with Crippen LogP contribution in [0.15, 0.2) is 73.4 Å². The zero-order valence-electron chi connectivity index (χ0n) is 16.0. The molecular formula is C23H14FN7. The van der Waals surface area contributed by atoms with Gasteiger partial charge >= 0.3 is 0 Å². The number of nitrogens with one attached hydrogen (secondary N) is 2. The molecule has 2 N–H and O–H groups in total. The SMILES string of the molecule is Fc1ccc(-c2nccc3[nH]c(-c4n[nH]c5ncc(-c6cnccn6)cc45)cc23)cc1. The van der Waals surface area contributed by atoms with Crippen LogP contribution >= 0.6 is 0 Å². The summed E-state index contributed by atoms with van der Waals surface area (Å²) in [5, 5.41) is 9.27. The molecule has 0 unspecified atom stereocenters. The predicted octanol–water partition coefficient (Wildman–Crippen LogP) is 4.76. The number of pyridine rings is 2. The molecule has 0 saturated carbocycles. The van der Waals surface area contributed by atoms with Gasteiger partial charge in [0.05, 0.1) is 23.3 Å². The van der Waals surface area contributed by atoms with Crippen LogP contribution < -0.4 is 0 Å². The molecule has 5 aromatic heterocycles. The molecule has 0 aliphatic rings. The van der Waals surface area contributed by atoms with Crippen molar-refractivity contribution in [3.05, 3.63) is 79.3 Å². The monoisotopic (exact) mass is 407 g/mol. The van der Waals surface area contributed by atoms with E-state index in [-0.39, 0.29) is 5.82 Å². The van der Waals surface area contributed by atoms with Crippen LogP contribution in [0.25, 0.3) is 55.8 Å². The number of rotatable bonds is 3. The first-order chi connectivity index (χ1) is 15.3. The Bertz CT molecular complexity index is 1540. The first kappa shape index (κ1) is 17.4. The Kier molecular flexibility index (Phi) is 3.82. The van der Waals surface area contributed by atoms with E-state index < -0.39 is 0 Å². The number of aromatic amines is 2. The second kappa shape index (κ2) is 6.81. The van der Waals surface area contributed by atoms with Gasteiger partial charge in [-0.2, -0.15) is 5.10 Å². The van der Waals surface area contributed by atoms with Gasteiger partial charge in [-0.15, -0.1) is 0 Å². The number of fused-ring (bicyclic) bond motifs is 2. The Morgan fingerprint density at radius 2 is 1.65 bits per heavy atom. The fourth-order valence-corrected chi connectivity index (χ4v) is 3.72. The van der Waals surface area contributed by atoms with Crippen LogP contribution in [0.5, 0.6) is 0 Å². The minimum atomic E-state index is -0.278. The third-order valence-electron chi connectivity index (χ3n) is 5.20. The van der Waals surface area contributed by atoms with Crippen molar-refractivity contribution < 1.29 is 4.39 Å². The van der Waals surface area contributed by atoms with Crippen LogP contribution in [0, 0.1) is 5.82 Å². The number of benzene rings is 1. The molecule has 0 radical (unpaired) electrons. The van der Waals surface area contributed by atoms with Crippen LogP contribution in [-0.4, -0.2) is 35.1 Å². The second-order valence-corrected chi connectivity index (χ2v) is 7.09. The Balaban J connectivity index is 1.51. The minimum absolute atomic E-state index is 0.278. The average molecular weight is 407 g/mol. The van der Waals surface area contributed by atoms with Gasteiger partial charge in [0.15, 0.2) is 5.65 Å². The topological polar surface area (TPSA) is 96.0 Å². The number of hydrogen-bond donors (Lipinski definition) is 2. The van der Waals surface area contributed by atoms with Gasteiger partial charge in [-0.05, 0) is 42.5 Å². The number of H-pyrrole nitrogens is 2. The molecule has 148 valence electrons. The van der Waals surface area contributed by atoms with Gasteiger partial charge in [0, 0.05) is 52.2 Å². The Hall–Kier alpha value is -4.46. The molecule has 1 aromatic carbocycles. The Labute approximate surface area is 175 Å². The van der Waals surface area contributed by atoms with E-state index in [0.29, 0.717) is 5.65 Å². The van der Waals surface area contributed by atoms with E-state index in [1.165, 1.54) is 12.1 Å². The first-order valence-corrected chi connectivity index (χ1v) is 9.61. The van der Waals surface area contributed by atoms with Crippen LogP contribution in [0.3, 0.4) is 0 Å². The Morgan fingerprint density at radius 3 is 2.48 bits per heavy atom. The van der Waals surface area contributed by atoms with Crippen molar-refractivity contribution in [3.8, 4) is 33.9 Å². The summed E-state index contributed by atoms with van der Waals surface area (Å²) in [7, 11) is 0. The van der Waals surface area contributed by atoms with Crippen molar-refractivity contribution in [2.45, 2.75) is 0 Å². The standard InChI is InChI=1S/C23H14FN7/c24-15-3-1-13(2-4-15)21-16-10-19(29-18(16)5-6-27-21)22-17-9-14(11-28-23(17)31-30-22)20-12-25-7-8-26-20/h1-12,29H,(H,28,30,31). The summed E-state index contributed by atoms with van der Waals surface area (Å²) in [6.07, 6.45) is 8.47. The van der Waals surface area contributed by atoms with Gasteiger partial charge in [-0.25, -0.2) is 9.37 Å². The van der Waals surface area contributed by atoms with Gasteiger partial charge in [0.2, 0.25) is 0 Å². The zero-order valence-corrected chi connectivity index (χ0v) is 16.0. The molecular weight excluding hydrogens is 393 g/mol. The molecule has 0 spiro atoms. The van der Waals surface area contributed by atoms with E-state index in [1.54, 1.807) is 43.1 Å². The highest BCUT2D eigenvalue weighted by molar-refractivity contribution is 5.99. The lowest BCUT2D eigenvalue weighted by Crippen LogP contribution is -1.86. The molecule has 7 nitrogen and oxygen atoms in total. The summed E-state index contributed by atoms with van der Waals surface area (Å²) in [5.41, 5.74) is 6.38. The summed E-state index contributed by atoms with van der Waals surface area (Å²) in [5.74, 6) is -0.278. The van der Waals surface area contributed by atoms with Crippen LogP contribution in [0.1, 0.15) is 0 Å². The summed E-state index contributed by atoms with van der Waals surface area (Å²) in [4.78, 5) is 20.9. The molecule has 0 amide bonds. The zero-order chi connectivity index (χ0) is 20.8. The molecule has 0 bridgehead atoms. The van der Waals surface area contributed by atoms with Crippen LogP contribution in [-0.2, 0) is 0 Å². The fraction of sp³-hybridized carbons (Fsp3) is 0. The maximum atomic E-state index is 13.4. The third kappa shape index (κ3) is 2.93. The van der Waals surface area contributed by atoms with Crippen molar-refractivity contribution >= 4 is 21.9 Å². The predicted molar refractivity (Wildman–Crippen MR) is 115 cm³/mol. The molecule has 0 aliphatic heterocycles. The van der Waals surface area contributed by atoms with Crippen molar-refractivity contribution in [1.82, 2.24) is 35.1 Å². The number of hydrogen-bond acceptors (Lipinski definition) is 5. The highest BCUT2D eigenvalue weighted by Crippen LogP contribution is 2.33. The first-order valence-electron chi connectivity index (χ1n) is 9.61. The lowest BCUT2D eigenvalue weighted by Gasteiger charge is -2.02. The molecule has 0 fully saturated rings. The van der Waals surface area contributed by atoms with E-state index in [1.807, 2.05) is 18.2 Å².